The molecule has 0 saturated heterocycles. The monoisotopic (exact) mass is 207 g/mol. The Labute approximate surface area is 92.9 Å². The summed E-state index contributed by atoms with van der Waals surface area (Å²) in [6.07, 6.45) is 0. The smallest absolute Gasteiger partial charge is 0.125 e. The lowest BCUT2D eigenvalue weighted by Crippen LogP contribution is -2.30. The molecule has 0 aromatic heterocycles. The Kier molecular flexibility index (Phi) is 4.15. The van der Waals surface area contributed by atoms with Crippen LogP contribution in [0.1, 0.15) is 18.1 Å². The Morgan fingerprint density at radius 3 is 2.20 bits per heavy atom. The van der Waals surface area contributed by atoms with Crippen molar-refractivity contribution < 1.29 is 4.74 Å². The highest BCUT2D eigenvalue weighted by atomic mass is 16.5. The van der Waals surface area contributed by atoms with Crippen LogP contribution < -0.4 is 4.74 Å². The molecule has 0 aliphatic carbocycles. The molecule has 1 unspecified atom stereocenters. The molecule has 0 N–H and O–H groups in total. The number of aryl methyl sites for hydroxylation is 2. The van der Waals surface area contributed by atoms with Gasteiger partial charge in [0.25, 0.3) is 0 Å². The minimum absolute atomic E-state index is 0.434. The van der Waals surface area contributed by atoms with Crippen LogP contribution in [0, 0.1) is 13.8 Å². The van der Waals surface area contributed by atoms with E-state index in [1.54, 1.807) is 0 Å². The summed E-state index contributed by atoms with van der Waals surface area (Å²) in [5.74, 6) is 1.03. The van der Waals surface area contributed by atoms with Gasteiger partial charge in [0.05, 0.1) is 0 Å². The summed E-state index contributed by atoms with van der Waals surface area (Å²) in [6.45, 7) is 7.07. The van der Waals surface area contributed by atoms with Gasteiger partial charge < -0.3 is 9.64 Å². The van der Waals surface area contributed by atoms with E-state index in [0.29, 0.717) is 6.04 Å². The highest BCUT2D eigenvalue weighted by Gasteiger charge is 2.08. The lowest BCUT2D eigenvalue weighted by atomic mass is 10.1. The molecule has 0 spiro atoms. The number of nitrogens with zero attached hydrogens (tertiary/aromatic N) is 1. The second kappa shape index (κ2) is 5.17. The lowest BCUT2D eigenvalue weighted by molar-refractivity contribution is 0.196. The van der Waals surface area contributed by atoms with E-state index in [-0.39, 0.29) is 0 Å². The molecule has 84 valence electrons. The minimum Gasteiger partial charge on any atom is -0.491 e. The van der Waals surface area contributed by atoms with Crippen molar-refractivity contribution in [2.24, 2.45) is 0 Å². The van der Waals surface area contributed by atoms with E-state index in [1.807, 2.05) is 0 Å². The standard InChI is InChI=1S/C13H21NO/c1-10-7-6-8-11(2)13(10)15-9-12(3)14(4)5/h6-8,12H,9H2,1-5H3. The van der Waals surface area contributed by atoms with Crippen LogP contribution in [0.25, 0.3) is 0 Å². The molecule has 0 aliphatic heterocycles. The molecule has 0 heterocycles. The fourth-order valence-electron chi connectivity index (χ4n) is 1.38. The quantitative estimate of drug-likeness (QED) is 0.752. The zero-order chi connectivity index (χ0) is 11.4. The summed E-state index contributed by atoms with van der Waals surface area (Å²) in [6, 6.07) is 6.67. The van der Waals surface area contributed by atoms with Crippen LogP contribution in [0.15, 0.2) is 18.2 Å². The Morgan fingerprint density at radius 1 is 1.20 bits per heavy atom. The summed E-state index contributed by atoms with van der Waals surface area (Å²) in [7, 11) is 4.14. The summed E-state index contributed by atoms with van der Waals surface area (Å²) in [5, 5.41) is 0. The van der Waals surface area contributed by atoms with Crippen LogP contribution in [0.5, 0.6) is 5.75 Å². The summed E-state index contributed by atoms with van der Waals surface area (Å²) < 4.78 is 5.85. The number of para-hydroxylation sites is 1. The lowest BCUT2D eigenvalue weighted by Gasteiger charge is -2.21. The zero-order valence-electron chi connectivity index (χ0n) is 10.4. The molecule has 1 atom stereocenters. The molecule has 0 bridgehead atoms. The predicted molar refractivity (Wildman–Crippen MR) is 64.6 cm³/mol. The van der Waals surface area contributed by atoms with Crippen LogP contribution in [0.2, 0.25) is 0 Å². The van der Waals surface area contributed by atoms with Crippen molar-refractivity contribution >= 4 is 0 Å². The molecular weight excluding hydrogens is 186 g/mol. The maximum Gasteiger partial charge on any atom is 0.125 e. The van der Waals surface area contributed by atoms with E-state index < -0.39 is 0 Å². The predicted octanol–water partition coefficient (Wildman–Crippen LogP) is 2.63. The van der Waals surface area contributed by atoms with Crippen molar-refractivity contribution in [3.8, 4) is 5.75 Å². The van der Waals surface area contributed by atoms with Gasteiger partial charge >= 0.3 is 0 Å². The van der Waals surface area contributed by atoms with E-state index in [0.717, 1.165) is 12.4 Å². The van der Waals surface area contributed by atoms with Gasteiger partial charge in [0, 0.05) is 6.04 Å². The molecular formula is C13H21NO. The van der Waals surface area contributed by atoms with E-state index in [9.17, 15) is 0 Å². The Hall–Kier alpha value is -1.02. The SMILES string of the molecule is Cc1cccc(C)c1OCC(C)N(C)C. The van der Waals surface area contributed by atoms with Crippen molar-refractivity contribution in [1.29, 1.82) is 0 Å². The largest absolute Gasteiger partial charge is 0.491 e. The fourth-order valence-corrected chi connectivity index (χ4v) is 1.38. The Balaban J connectivity index is 2.65. The van der Waals surface area contributed by atoms with Crippen LogP contribution in [-0.4, -0.2) is 31.6 Å². The molecule has 0 fully saturated rings. The third kappa shape index (κ3) is 3.24. The number of hydrogen-bond donors (Lipinski definition) is 0. The van der Waals surface area contributed by atoms with Gasteiger partial charge in [-0.25, -0.2) is 0 Å². The first-order chi connectivity index (χ1) is 7.02. The number of hydrogen-bond acceptors (Lipinski definition) is 2. The first-order valence-electron chi connectivity index (χ1n) is 5.38. The van der Waals surface area contributed by atoms with Gasteiger partial charge in [-0.2, -0.15) is 0 Å². The Bertz CT molecular complexity index is 300. The summed E-state index contributed by atoms with van der Waals surface area (Å²) in [5.41, 5.74) is 2.42. The van der Waals surface area contributed by atoms with Crippen LogP contribution in [0.4, 0.5) is 0 Å². The molecule has 0 aliphatic rings. The molecule has 2 nitrogen and oxygen atoms in total. The molecule has 15 heavy (non-hydrogen) atoms. The van der Waals surface area contributed by atoms with E-state index in [2.05, 4.69) is 58.0 Å². The highest BCUT2D eigenvalue weighted by molar-refractivity contribution is 5.39. The fraction of sp³-hybridized carbons (Fsp3) is 0.538. The average Bonchev–Trinajstić information content (AvgIpc) is 2.16. The van der Waals surface area contributed by atoms with Crippen molar-refractivity contribution in [2.75, 3.05) is 20.7 Å². The van der Waals surface area contributed by atoms with Crippen molar-refractivity contribution in [1.82, 2.24) is 4.90 Å². The molecule has 1 aromatic rings. The second-order valence-corrected chi connectivity index (χ2v) is 4.34. The third-order valence-corrected chi connectivity index (χ3v) is 2.76. The topological polar surface area (TPSA) is 12.5 Å². The van der Waals surface area contributed by atoms with Gasteiger partial charge in [-0.15, -0.1) is 0 Å². The highest BCUT2D eigenvalue weighted by Crippen LogP contribution is 2.22. The maximum absolute atomic E-state index is 5.85. The van der Waals surface area contributed by atoms with Gasteiger partial charge in [-0.1, -0.05) is 18.2 Å². The third-order valence-electron chi connectivity index (χ3n) is 2.76. The minimum atomic E-state index is 0.434. The van der Waals surface area contributed by atoms with Gasteiger partial charge in [-0.05, 0) is 46.0 Å². The summed E-state index contributed by atoms with van der Waals surface area (Å²) in [4.78, 5) is 2.16. The van der Waals surface area contributed by atoms with Gasteiger partial charge in [-0.3, -0.25) is 0 Å². The first-order valence-corrected chi connectivity index (χ1v) is 5.38. The molecule has 1 rings (SSSR count). The number of likely N-dealkylation sites (N-methyl/N-ethyl adjacent to an activating group) is 1. The van der Waals surface area contributed by atoms with E-state index in [1.165, 1.54) is 11.1 Å². The normalized spacial score (nSPS) is 12.9. The molecule has 0 radical (unpaired) electrons. The molecule has 0 saturated carbocycles. The van der Waals surface area contributed by atoms with Crippen LogP contribution in [0.3, 0.4) is 0 Å². The van der Waals surface area contributed by atoms with Crippen LogP contribution >= 0.6 is 0 Å². The molecule has 0 amide bonds. The Morgan fingerprint density at radius 2 is 1.73 bits per heavy atom. The van der Waals surface area contributed by atoms with Gasteiger partial charge in [0.1, 0.15) is 12.4 Å². The number of ether oxygens (including phenoxy) is 1. The van der Waals surface area contributed by atoms with Crippen molar-refractivity contribution in [3.05, 3.63) is 29.3 Å². The average molecular weight is 207 g/mol. The van der Waals surface area contributed by atoms with E-state index >= 15 is 0 Å². The molecule has 2 heteroatoms. The number of benzene rings is 1. The summed E-state index contributed by atoms with van der Waals surface area (Å²) >= 11 is 0. The van der Waals surface area contributed by atoms with Crippen molar-refractivity contribution in [3.63, 3.8) is 0 Å². The first kappa shape index (κ1) is 12.1. The second-order valence-electron chi connectivity index (χ2n) is 4.34. The zero-order valence-corrected chi connectivity index (χ0v) is 10.4. The molecule has 1 aromatic carbocycles. The van der Waals surface area contributed by atoms with Gasteiger partial charge in [0.15, 0.2) is 0 Å². The van der Waals surface area contributed by atoms with Crippen LogP contribution in [-0.2, 0) is 0 Å². The number of rotatable bonds is 4. The van der Waals surface area contributed by atoms with Gasteiger partial charge in [0.2, 0.25) is 0 Å². The van der Waals surface area contributed by atoms with Crippen molar-refractivity contribution in [2.45, 2.75) is 26.8 Å². The van der Waals surface area contributed by atoms with E-state index in [4.69, 9.17) is 4.74 Å². The maximum atomic E-state index is 5.85.